The zero-order valence-corrected chi connectivity index (χ0v) is 11.9. The summed E-state index contributed by atoms with van der Waals surface area (Å²) in [5.74, 6) is 1.71. The Morgan fingerprint density at radius 2 is 1.53 bits per heavy atom. The van der Waals surface area contributed by atoms with Crippen LogP contribution >= 0.6 is 15.9 Å². The van der Waals surface area contributed by atoms with E-state index in [-0.39, 0.29) is 4.83 Å². The fourth-order valence-corrected chi connectivity index (χ4v) is 1.82. The van der Waals surface area contributed by atoms with Crippen LogP contribution in [0.1, 0.15) is 18.6 Å². The molecular formula is C12H17BrO4. The van der Waals surface area contributed by atoms with E-state index < -0.39 is 6.10 Å². The maximum absolute atomic E-state index is 10.1. The highest BCUT2D eigenvalue weighted by Crippen LogP contribution is 2.40. The molecule has 1 aromatic carbocycles. The molecule has 0 fully saturated rings. The van der Waals surface area contributed by atoms with Crippen LogP contribution in [0.2, 0.25) is 0 Å². The average molecular weight is 305 g/mol. The predicted octanol–water partition coefficient (Wildman–Crippen LogP) is 2.53. The van der Waals surface area contributed by atoms with Crippen LogP contribution in [0.15, 0.2) is 12.1 Å². The van der Waals surface area contributed by atoms with E-state index in [1.54, 1.807) is 33.5 Å². The van der Waals surface area contributed by atoms with Gasteiger partial charge in [-0.2, -0.15) is 0 Å². The summed E-state index contributed by atoms with van der Waals surface area (Å²) in [5.41, 5.74) is 0.611. The van der Waals surface area contributed by atoms with Crippen molar-refractivity contribution in [1.82, 2.24) is 0 Å². The lowest BCUT2D eigenvalue weighted by Crippen LogP contribution is -2.11. The third-order valence-electron chi connectivity index (χ3n) is 2.48. The SMILES string of the molecule is COc1cc(OC)c(C(O)C(C)Br)c(OC)c1. The molecule has 0 aliphatic heterocycles. The number of aliphatic hydroxyl groups excluding tert-OH is 1. The Morgan fingerprint density at radius 3 is 1.82 bits per heavy atom. The lowest BCUT2D eigenvalue weighted by Gasteiger charge is -2.20. The third-order valence-corrected chi connectivity index (χ3v) is 2.98. The van der Waals surface area contributed by atoms with Crippen molar-refractivity contribution in [1.29, 1.82) is 0 Å². The summed E-state index contributed by atoms with van der Waals surface area (Å²) < 4.78 is 15.7. The summed E-state index contributed by atoms with van der Waals surface area (Å²) in [4.78, 5) is -0.112. The molecule has 0 spiro atoms. The number of halogens is 1. The summed E-state index contributed by atoms with van der Waals surface area (Å²) in [6.45, 7) is 1.85. The summed E-state index contributed by atoms with van der Waals surface area (Å²) in [6, 6.07) is 3.44. The number of alkyl halides is 1. The summed E-state index contributed by atoms with van der Waals surface area (Å²) in [5, 5.41) is 10.1. The maximum atomic E-state index is 10.1. The summed E-state index contributed by atoms with van der Waals surface area (Å²) >= 11 is 3.35. The summed E-state index contributed by atoms with van der Waals surface area (Å²) in [7, 11) is 4.66. The predicted molar refractivity (Wildman–Crippen MR) is 69.4 cm³/mol. The Hall–Kier alpha value is -0.940. The van der Waals surface area contributed by atoms with Gasteiger partial charge in [-0.15, -0.1) is 0 Å². The number of ether oxygens (including phenoxy) is 3. The molecule has 0 amide bonds. The first-order chi connectivity index (χ1) is 8.04. The molecule has 0 aliphatic rings. The molecule has 96 valence electrons. The molecule has 4 nitrogen and oxygen atoms in total. The Balaban J connectivity index is 3.34. The van der Waals surface area contributed by atoms with Gasteiger partial charge in [-0.3, -0.25) is 0 Å². The number of benzene rings is 1. The molecule has 0 saturated carbocycles. The highest BCUT2D eigenvalue weighted by molar-refractivity contribution is 9.09. The van der Waals surface area contributed by atoms with Crippen LogP contribution in [0.4, 0.5) is 0 Å². The maximum Gasteiger partial charge on any atom is 0.132 e. The van der Waals surface area contributed by atoms with E-state index in [0.29, 0.717) is 22.8 Å². The van der Waals surface area contributed by atoms with Crippen molar-refractivity contribution in [3.8, 4) is 17.2 Å². The molecule has 0 aliphatic carbocycles. The van der Waals surface area contributed by atoms with Crippen molar-refractivity contribution in [2.75, 3.05) is 21.3 Å². The minimum absolute atomic E-state index is 0.112. The fourth-order valence-electron chi connectivity index (χ4n) is 1.55. The quantitative estimate of drug-likeness (QED) is 0.849. The molecule has 2 unspecified atom stereocenters. The Morgan fingerprint density at radius 1 is 1.06 bits per heavy atom. The van der Waals surface area contributed by atoms with Crippen LogP contribution < -0.4 is 14.2 Å². The molecule has 1 N–H and O–H groups in total. The second kappa shape index (κ2) is 6.12. The number of methoxy groups -OCH3 is 3. The third kappa shape index (κ3) is 3.04. The van der Waals surface area contributed by atoms with Gasteiger partial charge in [0.1, 0.15) is 17.2 Å². The summed E-state index contributed by atoms with van der Waals surface area (Å²) in [6.07, 6.45) is -0.717. The zero-order valence-electron chi connectivity index (χ0n) is 10.4. The van der Waals surface area contributed by atoms with Gasteiger partial charge in [0.25, 0.3) is 0 Å². The van der Waals surface area contributed by atoms with Crippen LogP contribution in [0.3, 0.4) is 0 Å². The van der Waals surface area contributed by atoms with Crippen molar-refractivity contribution in [2.45, 2.75) is 17.9 Å². The molecule has 0 radical (unpaired) electrons. The van der Waals surface area contributed by atoms with Crippen molar-refractivity contribution >= 4 is 15.9 Å². The van der Waals surface area contributed by atoms with Gasteiger partial charge in [0.05, 0.1) is 33.0 Å². The first-order valence-electron chi connectivity index (χ1n) is 5.17. The molecule has 17 heavy (non-hydrogen) atoms. The number of hydrogen-bond donors (Lipinski definition) is 1. The van der Waals surface area contributed by atoms with Gasteiger partial charge in [0.15, 0.2) is 0 Å². The Bertz CT molecular complexity index is 354. The highest BCUT2D eigenvalue weighted by atomic mass is 79.9. The number of rotatable bonds is 5. The van der Waals surface area contributed by atoms with E-state index in [0.717, 1.165) is 0 Å². The van der Waals surface area contributed by atoms with Crippen LogP contribution in [-0.4, -0.2) is 31.3 Å². The molecule has 5 heteroatoms. The first kappa shape index (κ1) is 14.1. The van der Waals surface area contributed by atoms with Crippen molar-refractivity contribution in [2.24, 2.45) is 0 Å². The van der Waals surface area contributed by atoms with Crippen LogP contribution in [0, 0.1) is 0 Å². The molecule has 2 atom stereocenters. The molecule has 0 aromatic heterocycles. The zero-order chi connectivity index (χ0) is 13.0. The van der Waals surface area contributed by atoms with Gasteiger partial charge in [0.2, 0.25) is 0 Å². The first-order valence-corrected chi connectivity index (χ1v) is 6.08. The van der Waals surface area contributed by atoms with Gasteiger partial charge in [-0.05, 0) is 6.92 Å². The van der Waals surface area contributed by atoms with Crippen molar-refractivity contribution < 1.29 is 19.3 Å². The van der Waals surface area contributed by atoms with E-state index in [4.69, 9.17) is 14.2 Å². The van der Waals surface area contributed by atoms with Crippen LogP contribution in [0.5, 0.6) is 17.2 Å². The molecule has 1 aromatic rings. The molecule has 0 heterocycles. The molecule has 0 bridgehead atoms. The minimum Gasteiger partial charge on any atom is -0.496 e. The van der Waals surface area contributed by atoms with Gasteiger partial charge < -0.3 is 19.3 Å². The van der Waals surface area contributed by atoms with Gasteiger partial charge >= 0.3 is 0 Å². The second-order valence-electron chi connectivity index (χ2n) is 3.57. The molecule has 1 rings (SSSR count). The van der Waals surface area contributed by atoms with Gasteiger partial charge in [0, 0.05) is 17.0 Å². The van der Waals surface area contributed by atoms with Gasteiger partial charge in [-0.1, -0.05) is 15.9 Å². The lowest BCUT2D eigenvalue weighted by molar-refractivity contribution is 0.172. The van der Waals surface area contributed by atoms with Crippen molar-refractivity contribution in [3.63, 3.8) is 0 Å². The monoisotopic (exact) mass is 304 g/mol. The molecular weight excluding hydrogens is 288 g/mol. The van der Waals surface area contributed by atoms with E-state index in [9.17, 15) is 5.11 Å². The number of aliphatic hydroxyl groups is 1. The smallest absolute Gasteiger partial charge is 0.132 e. The van der Waals surface area contributed by atoms with E-state index >= 15 is 0 Å². The van der Waals surface area contributed by atoms with E-state index in [1.807, 2.05) is 6.92 Å². The lowest BCUT2D eigenvalue weighted by atomic mass is 10.0. The second-order valence-corrected chi connectivity index (χ2v) is 5.01. The largest absolute Gasteiger partial charge is 0.496 e. The van der Waals surface area contributed by atoms with Crippen molar-refractivity contribution in [3.05, 3.63) is 17.7 Å². The number of hydrogen-bond acceptors (Lipinski definition) is 4. The minimum atomic E-state index is -0.717. The molecule has 0 saturated heterocycles. The highest BCUT2D eigenvalue weighted by Gasteiger charge is 2.23. The van der Waals surface area contributed by atoms with Crippen LogP contribution in [0.25, 0.3) is 0 Å². The topological polar surface area (TPSA) is 47.9 Å². The van der Waals surface area contributed by atoms with Gasteiger partial charge in [-0.25, -0.2) is 0 Å². The Kier molecular flexibility index (Phi) is 5.08. The Labute approximate surface area is 110 Å². The standard InChI is InChI=1S/C12H17BrO4/c1-7(13)12(14)11-9(16-3)5-8(15-2)6-10(11)17-4/h5-7,12,14H,1-4H3. The average Bonchev–Trinajstić information content (AvgIpc) is 2.35. The van der Waals surface area contributed by atoms with E-state index in [1.165, 1.54) is 0 Å². The van der Waals surface area contributed by atoms with E-state index in [2.05, 4.69) is 15.9 Å². The normalized spacial score (nSPS) is 14.0. The van der Waals surface area contributed by atoms with Crippen LogP contribution in [-0.2, 0) is 0 Å². The fraction of sp³-hybridized carbons (Fsp3) is 0.500.